The second kappa shape index (κ2) is 6.57. The highest BCUT2D eigenvalue weighted by Crippen LogP contribution is 2.24. The second-order valence-electron chi connectivity index (χ2n) is 5.72. The number of nitrogens with one attached hydrogen (secondary N) is 1. The molecule has 0 fully saturated rings. The fourth-order valence-corrected chi connectivity index (χ4v) is 3.61. The monoisotopic (exact) mass is 351 g/mol. The van der Waals surface area contributed by atoms with Crippen LogP contribution in [0.1, 0.15) is 12.6 Å². The first-order valence-electron chi connectivity index (χ1n) is 8.10. The van der Waals surface area contributed by atoms with E-state index in [9.17, 15) is 4.79 Å². The molecule has 0 saturated carbocycles. The van der Waals surface area contributed by atoms with Crippen LogP contribution in [0.25, 0.3) is 21.7 Å². The van der Waals surface area contributed by atoms with Crippen LogP contribution in [-0.2, 0) is 17.8 Å². The van der Waals surface area contributed by atoms with Crippen LogP contribution < -0.4 is 5.32 Å². The van der Waals surface area contributed by atoms with Gasteiger partial charge in [0.05, 0.1) is 18.4 Å². The van der Waals surface area contributed by atoms with Gasteiger partial charge in [-0.05, 0) is 43.3 Å². The van der Waals surface area contributed by atoms with Gasteiger partial charge in [-0.15, -0.1) is 11.3 Å². The van der Waals surface area contributed by atoms with E-state index in [0.29, 0.717) is 0 Å². The van der Waals surface area contributed by atoms with Crippen molar-refractivity contribution in [3.05, 3.63) is 59.9 Å². The predicted octanol–water partition coefficient (Wildman–Crippen LogP) is 4.56. The lowest BCUT2D eigenvalue weighted by Crippen LogP contribution is -2.14. The molecule has 0 aliphatic rings. The van der Waals surface area contributed by atoms with Crippen molar-refractivity contribution in [1.29, 1.82) is 0 Å². The summed E-state index contributed by atoms with van der Waals surface area (Å²) in [7, 11) is 0. The minimum absolute atomic E-state index is 0.0782. The van der Waals surface area contributed by atoms with Gasteiger partial charge in [0.1, 0.15) is 0 Å². The molecule has 4 rings (SSSR count). The average Bonchev–Trinajstić information content (AvgIpc) is 3.34. The largest absolute Gasteiger partial charge is 0.462 e. The van der Waals surface area contributed by atoms with Gasteiger partial charge in [-0.1, -0.05) is 0 Å². The molecule has 25 heavy (non-hydrogen) atoms. The van der Waals surface area contributed by atoms with E-state index < -0.39 is 0 Å². The minimum atomic E-state index is -0.0782. The Morgan fingerprint density at radius 2 is 2.24 bits per heavy atom. The van der Waals surface area contributed by atoms with Gasteiger partial charge >= 0.3 is 0 Å². The molecule has 0 aliphatic heterocycles. The summed E-state index contributed by atoms with van der Waals surface area (Å²) < 4.78 is 7.50. The molecule has 1 aromatic carbocycles. The molecule has 1 N–H and O–H groups in total. The summed E-state index contributed by atoms with van der Waals surface area (Å²) in [5, 5.41) is 6.74. The van der Waals surface area contributed by atoms with Crippen LogP contribution in [0, 0.1) is 0 Å². The number of nitrogens with zero attached hydrogens (tertiary/aromatic N) is 2. The quantitative estimate of drug-likeness (QED) is 0.573. The molecule has 0 unspecified atom stereocenters. The number of carbonyl (C=O) groups excluding carboxylic acids is 1. The highest BCUT2D eigenvalue weighted by molar-refractivity contribution is 7.13. The summed E-state index contributed by atoms with van der Waals surface area (Å²) in [6, 6.07) is 11.7. The highest BCUT2D eigenvalue weighted by atomic mass is 32.1. The average molecular weight is 351 g/mol. The molecular formula is C19H17N3O2S. The van der Waals surface area contributed by atoms with Gasteiger partial charge in [-0.3, -0.25) is 4.79 Å². The van der Waals surface area contributed by atoms with Crippen LogP contribution in [0.4, 0.5) is 5.69 Å². The van der Waals surface area contributed by atoms with Crippen LogP contribution in [0.5, 0.6) is 0 Å². The van der Waals surface area contributed by atoms with Gasteiger partial charge in [0.15, 0.2) is 10.8 Å². The number of hydrogen-bond donors (Lipinski definition) is 1. The summed E-state index contributed by atoms with van der Waals surface area (Å²) in [6.45, 7) is 3.04. The molecule has 3 heterocycles. The smallest absolute Gasteiger partial charge is 0.230 e. The first-order valence-corrected chi connectivity index (χ1v) is 8.98. The number of thiazole rings is 1. The van der Waals surface area contributed by atoms with Gasteiger partial charge in [0.2, 0.25) is 5.91 Å². The molecule has 0 spiro atoms. The van der Waals surface area contributed by atoms with Crippen molar-refractivity contribution in [1.82, 2.24) is 9.55 Å². The first-order chi connectivity index (χ1) is 12.2. The zero-order valence-corrected chi connectivity index (χ0v) is 14.5. The van der Waals surface area contributed by atoms with Crippen LogP contribution in [0.2, 0.25) is 0 Å². The second-order valence-corrected chi connectivity index (χ2v) is 6.58. The topological polar surface area (TPSA) is 60.1 Å². The molecule has 5 nitrogen and oxygen atoms in total. The molecule has 4 aromatic rings. The first kappa shape index (κ1) is 15.7. The number of hydrogen-bond acceptors (Lipinski definition) is 4. The third-order valence-corrected chi connectivity index (χ3v) is 4.93. The van der Waals surface area contributed by atoms with Gasteiger partial charge in [-0.2, -0.15) is 0 Å². The number of benzene rings is 1. The minimum Gasteiger partial charge on any atom is -0.462 e. The molecule has 6 heteroatoms. The molecule has 1 amide bonds. The van der Waals surface area contributed by atoms with Crippen LogP contribution in [-0.4, -0.2) is 15.5 Å². The Bertz CT molecular complexity index is 1010. The van der Waals surface area contributed by atoms with E-state index in [2.05, 4.69) is 34.1 Å². The lowest BCUT2D eigenvalue weighted by molar-refractivity contribution is -0.115. The molecule has 0 bridgehead atoms. The number of aromatic nitrogens is 2. The van der Waals surface area contributed by atoms with Crippen LogP contribution in [0.3, 0.4) is 0 Å². The Kier molecular flexibility index (Phi) is 4.11. The Balaban J connectivity index is 1.45. The number of aryl methyl sites for hydroxylation is 1. The third kappa shape index (κ3) is 3.21. The Morgan fingerprint density at radius 1 is 1.32 bits per heavy atom. The van der Waals surface area contributed by atoms with E-state index in [1.807, 2.05) is 35.7 Å². The Labute approximate surface area is 148 Å². The van der Waals surface area contributed by atoms with Gasteiger partial charge < -0.3 is 14.3 Å². The van der Waals surface area contributed by atoms with E-state index in [1.54, 1.807) is 6.26 Å². The van der Waals surface area contributed by atoms with Gasteiger partial charge in [0.25, 0.3) is 0 Å². The molecule has 3 aromatic heterocycles. The van der Waals surface area contributed by atoms with Crippen molar-refractivity contribution in [2.45, 2.75) is 19.9 Å². The maximum absolute atomic E-state index is 12.3. The van der Waals surface area contributed by atoms with E-state index in [1.165, 1.54) is 16.9 Å². The number of furan rings is 1. The zero-order valence-electron chi connectivity index (χ0n) is 13.7. The lowest BCUT2D eigenvalue weighted by Gasteiger charge is -2.06. The fourth-order valence-electron chi connectivity index (χ4n) is 2.82. The summed E-state index contributed by atoms with van der Waals surface area (Å²) >= 11 is 1.48. The van der Waals surface area contributed by atoms with Crippen molar-refractivity contribution in [3.8, 4) is 10.8 Å². The summed E-state index contributed by atoms with van der Waals surface area (Å²) in [5.41, 5.74) is 2.71. The van der Waals surface area contributed by atoms with E-state index in [0.717, 1.165) is 34.1 Å². The maximum Gasteiger partial charge on any atom is 0.230 e. The van der Waals surface area contributed by atoms with Crippen molar-refractivity contribution in [2.24, 2.45) is 0 Å². The van der Waals surface area contributed by atoms with Crippen LogP contribution >= 0.6 is 11.3 Å². The summed E-state index contributed by atoms with van der Waals surface area (Å²) in [5.74, 6) is 0.646. The fraction of sp³-hybridized carbons (Fsp3) is 0.158. The van der Waals surface area contributed by atoms with E-state index in [4.69, 9.17) is 4.42 Å². The van der Waals surface area contributed by atoms with Crippen LogP contribution in [0.15, 0.2) is 58.7 Å². The highest BCUT2D eigenvalue weighted by Gasteiger charge is 2.11. The number of anilines is 1. The number of rotatable bonds is 5. The van der Waals surface area contributed by atoms with E-state index in [-0.39, 0.29) is 12.3 Å². The molecule has 126 valence electrons. The Morgan fingerprint density at radius 3 is 3.04 bits per heavy atom. The van der Waals surface area contributed by atoms with Crippen molar-refractivity contribution in [3.63, 3.8) is 0 Å². The maximum atomic E-state index is 12.3. The Hall–Kier alpha value is -2.86. The van der Waals surface area contributed by atoms with Crippen molar-refractivity contribution >= 4 is 33.8 Å². The molecule has 0 atom stereocenters. The lowest BCUT2D eigenvalue weighted by atomic mass is 10.2. The number of carbonyl (C=O) groups is 1. The van der Waals surface area contributed by atoms with Crippen molar-refractivity contribution in [2.75, 3.05) is 5.32 Å². The molecule has 0 saturated heterocycles. The normalized spacial score (nSPS) is 11.1. The van der Waals surface area contributed by atoms with Gasteiger partial charge in [0, 0.05) is 34.7 Å². The molecule has 0 aliphatic carbocycles. The van der Waals surface area contributed by atoms with E-state index >= 15 is 0 Å². The number of fused-ring (bicyclic) bond motifs is 1. The zero-order chi connectivity index (χ0) is 17.2. The van der Waals surface area contributed by atoms with Gasteiger partial charge in [-0.25, -0.2) is 4.98 Å². The SMILES string of the molecule is CCn1ccc2cc(NC(=O)Cc3csc(-c4ccco4)n3)ccc21. The van der Waals surface area contributed by atoms with Crippen molar-refractivity contribution < 1.29 is 9.21 Å². The summed E-state index contributed by atoms with van der Waals surface area (Å²) in [4.78, 5) is 16.8. The number of amides is 1. The molecular weight excluding hydrogens is 334 g/mol. The standard InChI is InChI=1S/C19H17N3O2S/c1-2-22-8-7-13-10-14(5-6-16(13)22)20-18(23)11-15-12-25-19(21-15)17-4-3-9-24-17/h3-10,12H,2,11H2,1H3,(H,20,23). The molecule has 0 radical (unpaired) electrons. The third-order valence-electron chi connectivity index (χ3n) is 4.02. The predicted molar refractivity (Wildman–Crippen MR) is 99.8 cm³/mol. The summed E-state index contributed by atoms with van der Waals surface area (Å²) in [6.07, 6.45) is 3.91.